The van der Waals surface area contributed by atoms with Gasteiger partial charge in [-0.1, -0.05) is 60.7 Å². The molecule has 22 heavy (non-hydrogen) atoms. The summed E-state index contributed by atoms with van der Waals surface area (Å²) >= 11 is 0. The second kappa shape index (κ2) is 9.33. The zero-order valence-electron chi connectivity index (χ0n) is 12.7. The van der Waals surface area contributed by atoms with Gasteiger partial charge < -0.3 is 20.9 Å². The molecule has 0 spiro atoms. The molecule has 0 aliphatic rings. The standard InChI is InChI=1S/C18H24N2O2/c19-17(13-21-11-15-7-3-1-4-8-15)18(20)14-22-12-16-9-5-2-6-10-16/h1-10,17-18H,11-14,19-20H2/t17-,18?/m1/s1. The molecule has 0 bridgehead atoms. The Kier molecular flexibility index (Phi) is 7.06. The van der Waals surface area contributed by atoms with E-state index < -0.39 is 0 Å². The molecule has 0 radical (unpaired) electrons. The Bertz CT molecular complexity index is 470. The summed E-state index contributed by atoms with van der Waals surface area (Å²) in [4.78, 5) is 0. The number of ether oxygens (including phenoxy) is 2. The molecular formula is C18H24N2O2. The Hall–Kier alpha value is -1.72. The number of nitrogens with two attached hydrogens (primary N) is 2. The van der Waals surface area contributed by atoms with Crippen molar-refractivity contribution in [2.24, 2.45) is 11.5 Å². The number of rotatable bonds is 9. The molecule has 0 amide bonds. The van der Waals surface area contributed by atoms with Gasteiger partial charge in [-0.3, -0.25) is 0 Å². The first-order valence-electron chi connectivity index (χ1n) is 7.50. The van der Waals surface area contributed by atoms with E-state index in [-0.39, 0.29) is 12.1 Å². The van der Waals surface area contributed by atoms with Crippen molar-refractivity contribution in [2.75, 3.05) is 13.2 Å². The predicted octanol–water partition coefficient (Wildman–Crippen LogP) is 2.07. The highest BCUT2D eigenvalue weighted by Gasteiger charge is 2.13. The van der Waals surface area contributed by atoms with Gasteiger partial charge in [0.2, 0.25) is 0 Å². The quantitative estimate of drug-likeness (QED) is 0.744. The first-order valence-corrected chi connectivity index (χ1v) is 7.50. The van der Waals surface area contributed by atoms with Crippen LogP contribution >= 0.6 is 0 Å². The van der Waals surface area contributed by atoms with Crippen molar-refractivity contribution >= 4 is 0 Å². The van der Waals surface area contributed by atoms with Gasteiger partial charge >= 0.3 is 0 Å². The molecule has 2 aromatic rings. The second-order valence-electron chi connectivity index (χ2n) is 5.33. The molecule has 0 aromatic heterocycles. The van der Waals surface area contributed by atoms with Crippen LogP contribution in [0.2, 0.25) is 0 Å². The molecule has 4 heteroatoms. The molecule has 0 fully saturated rings. The largest absolute Gasteiger partial charge is 0.375 e. The predicted molar refractivity (Wildman–Crippen MR) is 88.1 cm³/mol. The van der Waals surface area contributed by atoms with Gasteiger partial charge in [-0.05, 0) is 11.1 Å². The average molecular weight is 300 g/mol. The summed E-state index contributed by atoms with van der Waals surface area (Å²) in [7, 11) is 0. The fourth-order valence-corrected chi connectivity index (χ4v) is 2.02. The highest BCUT2D eigenvalue weighted by atomic mass is 16.5. The lowest BCUT2D eigenvalue weighted by molar-refractivity contribution is 0.0683. The van der Waals surface area contributed by atoms with Crippen LogP contribution in [0.4, 0.5) is 0 Å². The van der Waals surface area contributed by atoms with E-state index in [4.69, 9.17) is 20.9 Å². The normalized spacial score (nSPS) is 13.7. The molecule has 2 aromatic carbocycles. The van der Waals surface area contributed by atoms with Gasteiger partial charge in [-0.25, -0.2) is 0 Å². The van der Waals surface area contributed by atoms with Gasteiger partial charge in [-0.2, -0.15) is 0 Å². The van der Waals surface area contributed by atoms with E-state index in [0.717, 1.165) is 11.1 Å². The lowest BCUT2D eigenvalue weighted by atomic mass is 10.1. The van der Waals surface area contributed by atoms with Crippen LogP contribution < -0.4 is 11.5 Å². The molecule has 0 saturated carbocycles. The minimum atomic E-state index is -0.237. The van der Waals surface area contributed by atoms with Crippen LogP contribution in [0.25, 0.3) is 0 Å². The van der Waals surface area contributed by atoms with E-state index in [0.29, 0.717) is 26.4 Å². The van der Waals surface area contributed by atoms with Gasteiger partial charge in [-0.15, -0.1) is 0 Å². The molecule has 0 heterocycles. The zero-order valence-corrected chi connectivity index (χ0v) is 12.7. The van der Waals surface area contributed by atoms with Gasteiger partial charge in [0.1, 0.15) is 0 Å². The lowest BCUT2D eigenvalue weighted by Crippen LogP contribution is -2.47. The summed E-state index contributed by atoms with van der Waals surface area (Å²) < 4.78 is 11.2. The fourth-order valence-electron chi connectivity index (χ4n) is 2.02. The number of benzene rings is 2. The van der Waals surface area contributed by atoms with E-state index in [1.165, 1.54) is 0 Å². The van der Waals surface area contributed by atoms with Crippen molar-refractivity contribution in [3.8, 4) is 0 Å². The summed E-state index contributed by atoms with van der Waals surface area (Å²) in [6.07, 6.45) is 0. The van der Waals surface area contributed by atoms with E-state index >= 15 is 0 Å². The van der Waals surface area contributed by atoms with Crippen molar-refractivity contribution in [2.45, 2.75) is 25.3 Å². The van der Waals surface area contributed by atoms with E-state index in [9.17, 15) is 0 Å². The third-order valence-electron chi connectivity index (χ3n) is 3.39. The second-order valence-corrected chi connectivity index (χ2v) is 5.33. The minimum absolute atomic E-state index is 0.237. The monoisotopic (exact) mass is 300 g/mol. The first-order chi connectivity index (χ1) is 10.8. The smallest absolute Gasteiger partial charge is 0.0717 e. The summed E-state index contributed by atoms with van der Waals surface area (Å²) in [5, 5.41) is 0. The summed E-state index contributed by atoms with van der Waals surface area (Å²) in [5.41, 5.74) is 14.3. The topological polar surface area (TPSA) is 70.5 Å². The zero-order chi connectivity index (χ0) is 15.6. The van der Waals surface area contributed by atoms with Crippen molar-refractivity contribution in [1.29, 1.82) is 0 Å². The molecule has 0 aliphatic heterocycles. The van der Waals surface area contributed by atoms with Gasteiger partial charge in [0.15, 0.2) is 0 Å². The van der Waals surface area contributed by atoms with E-state index in [1.807, 2.05) is 60.7 Å². The van der Waals surface area contributed by atoms with Crippen LogP contribution in [0.5, 0.6) is 0 Å². The summed E-state index contributed by atoms with van der Waals surface area (Å²) in [6.45, 7) is 1.94. The lowest BCUT2D eigenvalue weighted by Gasteiger charge is -2.20. The Morgan fingerprint density at radius 2 is 1.00 bits per heavy atom. The van der Waals surface area contributed by atoms with Crippen LogP contribution in [-0.2, 0) is 22.7 Å². The number of hydrogen-bond acceptors (Lipinski definition) is 4. The maximum absolute atomic E-state index is 6.03. The van der Waals surface area contributed by atoms with Crippen molar-refractivity contribution in [3.63, 3.8) is 0 Å². The Labute approximate surface area is 132 Å². The molecule has 1 unspecified atom stereocenters. The third-order valence-corrected chi connectivity index (χ3v) is 3.39. The fraction of sp³-hybridized carbons (Fsp3) is 0.333. The SMILES string of the molecule is NC(COCc1ccccc1)[C@H](N)COCc1ccccc1. The maximum atomic E-state index is 6.03. The Morgan fingerprint density at radius 3 is 1.36 bits per heavy atom. The molecule has 4 nitrogen and oxygen atoms in total. The van der Waals surface area contributed by atoms with E-state index in [2.05, 4.69) is 0 Å². The molecule has 4 N–H and O–H groups in total. The minimum Gasteiger partial charge on any atom is -0.375 e. The van der Waals surface area contributed by atoms with Crippen molar-refractivity contribution in [3.05, 3.63) is 71.8 Å². The Morgan fingerprint density at radius 1 is 0.636 bits per heavy atom. The highest BCUT2D eigenvalue weighted by Crippen LogP contribution is 2.03. The van der Waals surface area contributed by atoms with Gasteiger partial charge in [0, 0.05) is 12.1 Å². The maximum Gasteiger partial charge on any atom is 0.0717 e. The third kappa shape index (κ3) is 5.95. The van der Waals surface area contributed by atoms with Crippen LogP contribution in [0.1, 0.15) is 11.1 Å². The Balaban J connectivity index is 1.61. The molecule has 2 atom stereocenters. The van der Waals surface area contributed by atoms with Gasteiger partial charge in [0.25, 0.3) is 0 Å². The van der Waals surface area contributed by atoms with Crippen molar-refractivity contribution < 1.29 is 9.47 Å². The highest BCUT2D eigenvalue weighted by molar-refractivity contribution is 5.14. The number of hydrogen-bond donors (Lipinski definition) is 2. The molecule has 2 rings (SSSR count). The van der Waals surface area contributed by atoms with E-state index in [1.54, 1.807) is 0 Å². The van der Waals surface area contributed by atoms with Crippen LogP contribution in [0.3, 0.4) is 0 Å². The van der Waals surface area contributed by atoms with Crippen LogP contribution in [-0.4, -0.2) is 25.3 Å². The molecule has 0 aliphatic carbocycles. The van der Waals surface area contributed by atoms with Gasteiger partial charge in [0.05, 0.1) is 26.4 Å². The summed E-state index contributed by atoms with van der Waals surface area (Å²) in [5.74, 6) is 0. The summed E-state index contributed by atoms with van der Waals surface area (Å²) in [6, 6.07) is 19.5. The molecular weight excluding hydrogens is 276 g/mol. The first kappa shape index (κ1) is 16.6. The molecule has 0 saturated heterocycles. The average Bonchev–Trinajstić information content (AvgIpc) is 2.56. The van der Waals surface area contributed by atoms with Crippen LogP contribution in [0.15, 0.2) is 60.7 Å². The molecule has 118 valence electrons. The van der Waals surface area contributed by atoms with Crippen molar-refractivity contribution in [1.82, 2.24) is 0 Å². The van der Waals surface area contributed by atoms with Crippen LogP contribution in [0, 0.1) is 0 Å².